The molecule has 1 aliphatic heterocycles. The van der Waals surface area contributed by atoms with Crippen LogP contribution in [0.25, 0.3) is 0 Å². The van der Waals surface area contributed by atoms with Crippen LogP contribution in [-0.4, -0.2) is 23.2 Å². The van der Waals surface area contributed by atoms with E-state index in [9.17, 15) is 8.78 Å². The molecular weight excluding hydrogens is 276 g/mol. The zero-order valence-corrected chi connectivity index (χ0v) is 11.6. The third-order valence-electron chi connectivity index (χ3n) is 3.72. The third-order valence-corrected chi connectivity index (χ3v) is 3.72. The van der Waals surface area contributed by atoms with Gasteiger partial charge < -0.3 is 9.84 Å². The number of rotatable bonds is 4. The lowest BCUT2D eigenvalue weighted by molar-refractivity contribution is 0.312. The molecule has 0 amide bonds. The molecule has 6 heteroatoms. The smallest absolute Gasteiger partial charge is 0.226 e. The molecule has 0 unspecified atom stereocenters. The lowest BCUT2D eigenvalue weighted by atomic mass is 9.95. The lowest BCUT2D eigenvalue weighted by Gasteiger charge is -2.20. The van der Waals surface area contributed by atoms with Gasteiger partial charge in [0.25, 0.3) is 0 Å². The second-order valence-corrected chi connectivity index (χ2v) is 5.46. The van der Waals surface area contributed by atoms with Gasteiger partial charge in [-0.3, -0.25) is 0 Å². The molecule has 1 fully saturated rings. The van der Waals surface area contributed by atoms with Gasteiger partial charge in [0, 0.05) is 18.9 Å². The highest BCUT2D eigenvalue weighted by Gasteiger charge is 2.17. The molecule has 112 valence electrons. The Labute approximate surface area is 121 Å². The summed E-state index contributed by atoms with van der Waals surface area (Å²) >= 11 is 0. The second-order valence-electron chi connectivity index (χ2n) is 5.46. The fourth-order valence-corrected chi connectivity index (χ4v) is 2.67. The SMILES string of the molecule is Fc1cc(F)cc(Cc2noc(CC3CCNCC3)n2)c1. The normalized spacial score (nSPS) is 16.3. The van der Waals surface area contributed by atoms with Crippen molar-refractivity contribution in [2.24, 2.45) is 5.92 Å². The minimum atomic E-state index is -0.594. The molecule has 0 bridgehead atoms. The topological polar surface area (TPSA) is 51.0 Å². The zero-order chi connectivity index (χ0) is 14.7. The molecule has 4 nitrogen and oxygen atoms in total. The van der Waals surface area contributed by atoms with E-state index in [0.717, 1.165) is 38.4 Å². The van der Waals surface area contributed by atoms with E-state index in [1.165, 1.54) is 12.1 Å². The van der Waals surface area contributed by atoms with Gasteiger partial charge >= 0.3 is 0 Å². The number of aromatic nitrogens is 2. The summed E-state index contributed by atoms with van der Waals surface area (Å²) in [6.07, 6.45) is 3.25. The summed E-state index contributed by atoms with van der Waals surface area (Å²) in [6, 6.07) is 3.42. The summed E-state index contributed by atoms with van der Waals surface area (Å²) in [6.45, 7) is 2.04. The first-order chi connectivity index (χ1) is 10.2. The number of nitrogens with one attached hydrogen (secondary N) is 1. The first-order valence-electron chi connectivity index (χ1n) is 7.16. The molecule has 0 radical (unpaired) electrons. The lowest BCUT2D eigenvalue weighted by Crippen LogP contribution is -2.28. The van der Waals surface area contributed by atoms with E-state index >= 15 is 0 Å². The third kappa shape index (κ3) is 3.85. The van der Waals surface area contributed by atoms with Crippen molar-refractivity contribution in [1.82, 2.24) is 15.5 Å². The van der Waals surface area contributed by atoms with Crippen molar-refractivity contribution in [2.75, 3.05) is 13.1 Å². The van der Waals surface area contributed by atoms with Gasteiger partial charge in [0.2, 0.25) is 5.89 Å². The number of nitrogens with zero attached hydrogens (tertiary/aromatic N) is 2. The van der Waals surface area contributed by atoms with Gasteiger partial charge in [0.05, 0.1) is 0 Å². The van der Waals surface area contributed by atoms with E-state index in [1.807, 2.05) is 0 Å². The number of benzene rings is 1. The Bertz CT molecular complexity index is 588. The molecule has 2 heterocycles. The minimum absolute atomic E-state index is 0.268. The summed E-state index contributed by atoms with van der Waals surface area (Å²) in [5, 5.41) is 7.20. The van der Waals surface area contributed by atoms with E-state index in [0.29, 0.717) is 23.2 Å². The predicted molar refractivity (Wildman–Crippen MR) is 72.8 cm³/mol. The van der Waals surface area contributed by atoms with Gasteiger partial charge in [-0.15, -0.1) is 0 Å². The molecule has 1 N–H and O–H groups in total. The Morgan fingerprint density at radius 3 is 2.57 bits per heavy atom. The molecular formula is C15H17F2N3O. The quantitative estimate of drug-likeness (QED) is 0.941. The van der Waals surface area contributed by atoms with Gasteiger partial charge in [-0.25, -0.2) is 8.78 Å². The average molecular weight is 293 g/mol. The highest BCUT2D eigenvalue weighted by atomic mass is 19.1. The van der Waals surface area contributed by atoms with Crippen LogP contribution in [0.4, 0.5) is 8.78 Å². The van der Waals surface area contributed by atoms with Gasteiger partial charge in [0.1, 0.15) is 11.6 Å². The van der Waals surface area contributed by atoms with Crippen LogP contribution in [0.1, 0.15) is 30.1 Å². The van der Waals surface area contributed by atoms with E-state index < -0.39 is 11.6 Å². The van der Waals surface area contributed by atoms with Crippen LogP contribution in [0, 0.1) is 17.6 Å². The molecule has 1 aliphatic rings. The van der Waals surface area contributed by atoms with Crippen LogP contribution in [0.15, 0.2) is 22.7 Å². The number of hydrogen-bond donors (Lipinski definition) is 1. The predicted octanol–water partition coefficient (Wildman–Crippen LogP) is 2.48. The Kier molecular flexibility index (Phi) is 4.24. The minimum Gasteiger partial charge on any atom is -0.339 e. The summed E-state index contributed by atoms with van der Waals surface area (Å²) in [5.41, 5.74) is 0.502. The fraction of sp³-hybridized carbons (Fsp3) is 0.467. The van der Waals surface area contributed by atoms with E-state index in [-0.39, 0.29) is 6.42 Å². The van der Waals surface area contributed by atoms with Gasteiger partial charge in [-0.05, 0) is 49.5 Å². The Hall–Kier alpha value is -1.82. The van der Waals surface area contributed by atoms with Gasteiger partial charge in [0.15, 0.2) is 5.82 Å². The molecule has 3 rings (SSSR count). The van der Waals surface area contributed by atoms with Crippen LogP contribution in [0.3, 0.4) is 0 Å². The summed E-state index contributed by atoms with van der Waals surface area (Å²) in [7, 11) is 0. The summed E-state index contributed by atoms with van der Waals surface area (Å²) < 4.78 is 31.5. The van der Waals surface area contributed by atoms with Crippen molar-refractivity contribution in [2.45, 2.75) is 25.7 Å². The summed E-state index contributed by atoms with van der Waals surface area (Å²) in [4.78, 5) is 4.32. The van der Waals surface area contributed by atoms with Crippen molar-refractivity contribution < 1.29 is 13.3 Å². The molecule has 2 aromatic rings. The number of hydrogen-bond acceptors (Lipinski definition) is 4. The van der Waals surface area contributed by atoms with Gasteiger partial charge in [-0.2, -0.15) is 4.98 Å². The number of piperidine rings is 1. The Balaban J connectivity index is 1.64. The van der Waals surface area contributed by atoms with Gasteiger partial charge in [-0.1, -0.05) is 5.16 Å². The second kappa shape index (κ2) is 6.30. The standard InChI is InChI=1S/C15H17F2N3O/c16-12-5-11(6-13(17)9-12)7-14-19-15(21-20-14)8-10-1-3-18-4-2-10/h5-6,9-10,18H,1-4,7-8H2. The van der Waals surface area contributed by atoms with Crippen molar-refractivity contribution in [3.63, 3.8) is 0 Å². The number of halogens is 2. The van der Waals surface area contributed by atoms with Crippen molar-refractivity contribution >= 4 is 0 Å². The molecule has 21 heavy (non-hydrogen) atoms. The van der Waals surface area contributed by atoms with E-state index in [4.69, 9.17) is 4.52 Å². The molecule has 1 aromatic heterocycles. The first-order valence-corrected chi connectivity index (χ1v) is 7.16. The van der Waals surface area contributed by atoms with Crippen molar-refractivity contribution in [3.05, 3.63) is 47.1 Å². The highest BCUT2D eigenvalue weighted by Crippen LogP contribution is 2.18. The summed E-state index contributed by atoms with van der Waals surface area (Å²) in [5.74, 6) is 0.440. The van der Waals surface area contributed by atoms with E-state index in [2.05, 4.69) is 15.5 Å². The largest absolute Gasteiger partial charge is 0.339 e. The molecule has 1 aromatic carbocycles. The zero-order valence-electron chi connectivity index (χ0n) is 11.6. The van der Waals surface area contributed by atoms with Crippen LogP contribution in [0.5, 0.6) is 0 Å². The monoisotopic (exact) mass is 293 g/mol. The average Bonchev–Trinajstić information content (AvgIpc) is 2.86. The van der Waals surface area contributed by atoms with Crippen LogP contribution >= 0.6 is 0 Å². The Morgan fingerprint density at radius 2 is 1.86 bits per heavy atom. The van der Waals surface area contributed by atoms with Crippen LogP contribution in [-0.2, 0) is 12.8 Å². The van der Waals surface area contributed by atoms with E-state index in [1.54, 1.807) is 0 Å². The maximum absolute atomic E-state index is 13.1. The van der Waals surface area contributed by atoms with Crippen molar-refractivity contribution in [3.8, 4) is 0 Å². The molecule has 0 aliphatic carbocycles. The van der Waals surface area contributed by atoms with Crippen LogP contribution in [0.2, 0.25) is 0 Å². The van der Waals surface area contributed by atoms with Crippen molar-refractivity contribution in [1.29, 1.82) is 0 Å². The molecule has 1 saturated heterocycles. The Morgan fingerprint density at radius 1 is 1.14 bits per heavy atom. The molecule has 0 atom stereocenters. The highest BCUT2D eigenvalue weighted by molar-refractivity contribution is 5.21. The maximum Gasteiger partial charge on any atom is 0.226 e. The molecule has 0 spiro atoms. The fourth-order valence-electron chi connectivity index (χ4n) is 2.67. The maximum atomic E-state index is 13.1. The first kappa shape index (κ1) is 14.1. The van der Waals surface area contributed by atoms with Crippen LogP contribution < -0.4 is 5.32 Å². The molecule has 0 saturated carbocycles.